The van der Waals surface area contributed by atoms with Crippen molar-refractivity contribution >= 4 is 0 Å². The van der Waals surface area contributed by atoms with Crippen molar-refractivity contribution in [3.63, 3.8) is 0 Å². The normalized spacial score (nSPS) is 17.7. The first-order valence-electron chi connectivity index (χ1n) is 6.23. The van der Waals surface area contributed by atoms with Crippen LogP contribution in [0.5, 0.6) is 0 Å². The van der Waals surface area contributed by atoms with Crippen LogP contribution in [0.25, 0.3) is 0 Å². The molecule has 0 bridgehead atoms. The molecule has 0 amide bonds. The van der Waals surface area contributed by atoms with Crippen molar-refractivity contribution in [1.82, 2.24) is 5.32 Å². The Kier molecular flexibility index (Phi) is 5.89. The molecule has 0 saturated carbocycles. The molecule has 0 spiro atoms. The fraction of sp³-hybridized carbons (Fsp3) is 0.429. The Labute approximate surface area is 111 Å². The maximum absolute atomic E-state index is 12.9. The van der Waals surface area contributed by atoms with Crippen molar-refractivity contribution in [2.24, 2.45) is 0 Å². The Hall–Kier alpha value is -1.49. The van der Waals surface area contributed by atoms with Gasteiger partial charge in [-0.25, -0.2) is 13.2 Å². The molecule has 2 rings (SSSR count). The highest BCUT2D eigenvalue weighted by atomic mass is 19.2. The van der Waals surface area contributed by atoms with E-state index in [-0.39, 0.29) is 18.3 Å². The molecule has 0 aliphatic carbocycles. The van der Waals surface area contributed by atoms with Gasteiger partial charge in [-0.3, -0.25) is 0 Å². The molecule has 1 aromatic carbocycles. The lowest BCUT2D eigenvalue weighted by Crippen LogP contribution is -2.16. The molecule has 0 radical (unpaired) electrons. The van der Waals surface area contributed by atoms with Crippen LogP contribution >= 0.6 is 0 Å². The van der Waals surface area contributed by atoms with Gasteiger partial charge in [0.2, 0.25) is 0 Å². The summed E-state index contributed by atoms with van der Waals surface area (Å²) in [5.41, 5.74) is 1.16. The van der Waals surface area contributed by atoms with Crippen molar-refractivity contribution in [3.05, 3.63) is 47.4 Å². The van der Waals surface area contributed by atoms with E-state index in [2.05, 4.69) is 11.9 Å². The zero-order chi connectivity index (χ0) is 14.4. The molecule has 1 N–H and O–H groups in total. The van der Waals surface area contributed by atoms with Crippen molar-refractivity contribution in [2.75, 3.05) is 6.54 Å². The maximum atomic E-state index is 12.9. The first-order chi connectivity index (χ1) is 9.06. The van der Waals surface area contributed by atoms with Gasteiger partial charge >= 0.3 is 0 Å². The first-order valence-corrected chi connectivity index (χ1v) is 6.23. The molecule has 1 fully saturated rings. The van der Waals surface area contributed by atoms with Gasteiger partial charge in [0, 0.05) is 18.7 Å². The standard InChI is InChI=1S/C12H12F3NO.C2H6/c1-7-2-9(5-16-7)17-6-8-3-10(13)12(15)11(14)4-8;1-2/h3-4,9,16H,1-2,5-6H2;1-2H3. The fourth-order valence-electron chi connectivity index (χ4n) is 1.70. The summed E-state index contributed by atoms with van der Waals surface area (Å²) in [6.45, 7) is 8.42. The zero-order valence-corrected chi connectivity index (χ0v) is 11.1. The second-order valence-electron chi connectivity index (χ2n) is 4.00. The molecule has 1 heterocycles. The van der Waals surface area contributed by atoms with Crippen LogP contribution in [-0.4, -0.2) is 12.6 Å². The van der Waals surface area contributed by atoms with Crippen molar-refractivity contribution in [3.8, 4) is 0 Å². The SMILES string of the molecule is C=C1CC(OCc2cc(F)c(F)c(F)c2)CN1.CC. The van der Waals surface area contributed by atoms with E-state index in [0.717, 1.165) is 17.8 Å². The van der Waals surface area contributed by atoms with Crippen molar-refractivity contribution in [2.45, 2.75) is 33.0 Å². The molecule has 1 aromatic rings. The summed E-state index contributed by atoms with van der Waals surface area (Å²) < 4.78 is 43.9. The number of benzene rings is 1. The first kappa shape index (κ1) is 15.6. The average Bonchev–Trinajstić information content (AvgIpc) is 2.81. The zero-order valence-electron chi connectivity index (χ0n) is 11.1. The molecular formula is C14H18F3NO. The molecule has 1 saturated heterocycles. The Balaban J connectivity index is 0.000000861. The second kappa shape index (κ2) is 7.19. The molecular weight excluding hydrogens is 255 g/mol. The summed E-state index contributed by atoms with van der Waals surface area (Å²) in [7, 11) is 0. The van der Waals surface area contributed by atoms with Crippen molar-refractivity contribution < 1.29 is 17.9 Å². The van der Waals surface area contributed by atoms with Crippen LogP contribution in [0.3, 0.4) is 0 Å². The minimum absolute atomic E-state index is 0.0494. The Morgan fingerprint density at radius 1 is 1.26 bits per heavy atom. The predicted octanol–water partition coefficient (Wildman–Crippen LogP) is 3.52. The van der Waals surface area contributed by atoms with Crippen LogP contribution in [-0.2, 0) is 11.3 Å². The van der Waals surface area contributed by atoms with E-state index in [0.29, 0.717) is 13.0 Å². The van der Waals surface area contributed by atoms with Crippen LogP contribution < -0.4 is 5.32 Å². The third-order valence-electron chi connectivity index (χ3n) is 2.58. The number of hydrogen-bond acceptors (Lipinski definition) is 2. The third kappa shape index (κ3) is 4.28. The highest BCUT2D eigenvalue weighted by molar-refractivity contribution is 5.18. The van der Waals surface area contributed by atoms with E-state index >= 15 is 0 Å². The topological polar surface area (TPSA) is 21.3 Å². The van der Waals surface area contributed by atoms with E-state index < -0.39 is 17.5 Å². The molecule has 1 aliphatic heterocycles. The molecule has 1 atom stereocenters. The van der Waals surface area contributed by atoms with E-state index in [1.165, 1.54) is 0 Å². The lowest BCUT2D eigenvalue weighted by atomic mass is 10.2. The molecule has 106 valence electrons. The van der Waals surface area contributed by atoms with Crippen LogP contribution in [0.4, 0.5) is 13.2 Å². The van der Waals surface area contributed by atoms with Gasteiger partial charge in [-0.05, 0) is 17.7 Å². The van der Waals surface area contributed by atoms with Gasteiger partial charge in [0.05, 0.1) is 12.7 Å². The highest BCUT2D eigenvalue weighted by Gasteiger charge is 2.18. The summed E-state index contributed by atoms with van der Waals surface area (Å²) in [5.74, 6) is -3.85. The van der Waals surface area contributed by atoms with E-state index in [4.69, 9.17) is 4.74 Å². The largest absolute Gasteiger partial charge is 0.386 e. The van der Waals surface area contributed by atoms with Gasteiger partial charge in [0.1, 0.15) is 0 Å². The quantitative estimate of drug-likeness (QED) is 0.851. The third-order valence-corrected chi connectivity index (χ3v) is 2.58. The van der Waals surface area contributed by atoms with Crippen LogP contribution in [0.15, 0.2) is 24.4 Å². The molecule has 2 nitrogen and oxygen atoms in total. The summed E-state index contributed by atoms with van der Waals surface area (Å²) in [6.07, 6.45) is 0.616. The minimum atomic E-state index is -1.45. The van der Waals surface area contributed by atoms with Crippen molar-refractivity contribution in [1.29, 1.82) is 0 Å². The monoisotopic (exact) mass is 273 g/mol. The summed E-state index contributed by atoms with van der Waals surface area (Å²) in [5, 5.41) is 3.01. The summed E-state index contributed by atoms with van der Waals surface area (Å²) in [4.78, 5) is 0. The maximum Gasteiger partial charge on any atom is 0.194 e. The van der Waals surface area contributed by atoms with Gasteiger partial charge in [-0.15, -0.1) is 0 Å². The van der Waals surface area contributed by atoms with Crippen LogP contribution in [0.2, 0.25) is 0 Å². The Morgan fingerprint density at radius 3 is 2.32 bits per heavy atom. The molecule has 5 heteroatoms. The Bertz CT molecular complexity index is 425. The smallest absolute Gasteiger partial charge is 0.194 e. The van der Waals surface area contributed by atoms with Gasteiger partial charge in [0.15, 0.2) is 17.5 Å². The predicted molar refractivity (Wildman–Crippen MR) is 68.0 cm³/mol. The van der Waals surface area contributed by atoms with E-state index in [1.807, 2.05) is 13.8 Å². The van der Waals surface area contributed by atoms with Crippen LogP contribution in [0.1, 0.15) is 25.8 Å². The number of ether oxygens (including phenoxy) is 1. The second-order valence-corrected chi connectivity index (χ2v) is 4.00. The van der Waals surface area contributed by atoms with Crippen LogP contribution in [0, 0.1) is 17.5 Å². The lowest BCUT2D eigenvalue weighted by Gasteiger charge is -2.10. The molecule has 1 unspecified atom stereocenters. The lowest BCUT2D eigenvalue weighted by molar-refractivity contribution is 0.0549. The van der Waals surface area contributed by atoms with E-state index in [9.17, 15) is 13.2 Å². The number of rotatable bonds is 3. The highest BCUT2D eigenvalue weighted by Crippen LogP contribution is 2.17. The van der Waals surface area contributed by atoms with Gasteiger partial charge in [-0.1, -0.05) is 20.4 Å². The molecule has 1 aliphatic rings. The minimum Gasteiger partial charge on any atom is -0.386 e. The Morgan fingerprint density at radius 2 is 1.84 bits per heavy atom. The average molecular weight is 273 g/mol. The van der Waals surface area contributed by atoms with Gasteiger partial charge in [0.25, 0.3) is 0 Å². The fourth-order valence-corrected chi connectivity index (χ4v) is 1.70. The molecule has 19 heavy (non-hydrogen) atoms. The van der Waals surface area contributed by atoms with E-state index in [1.54, 1.807) is 0 Å². The summed E-state index contributed by atoms with van der Waals surface area (Å²) in [6, 6.07) is 1.88. The van der Waals surface area contributed by atoms with Gasteiger partial charge in [-0.2, -0.15) is 0 Å². The number of hydrogen-bond donors (Lipinski definition) is 1. The molecule has 0 aromatic heterocycles. The number of halogens is 3. The summed E-state index contributed by atoms with van der Waals surface area (Å²) >= 11 is 0. The van der Waals surface area contributed by atoms with Gasteiger partial charge < -0.3 is 10.1 Å². The number of nitrogens with one attached hydrogen (secondary N) is 1.